The van der Waals surface area contributed by atoms with Crippen LogP contribution in [-0.4, -0.2) is 18.0 Å². The molecule has 0 aliphatic rings. The van der Waals surface area contributed by atoms with Gasteiger partial charge in [0.2, 0.25) is 0 Å². The molecule has 90 valence electrons. The number of benzene rings is 1. The summed E-state index contributed by atoms with van der Waals surface area (Å²) in [5, 5.41) is 13.6. The molecule has 0 unspecified atom stereocenters. The highest BCUT2D eigenvalue weighted by Gasteiger charge is 2.10. The molecule has 1 rings (SSSR count). The van der Waals surface area contributed by atoms with E-state index in [1.54, 1.807) is 12.1 Å². The van der Waals surface area contributed by atoms with Crippen LogP contribution in [0.15, 0.2) is 18.2 Å². The third-order valence-corrected chi connectivity index (χ3v) is 1.93. The Bertz CT molecular complexity index is 359. The summed E-state index contributed by atoms with van der Waals surface area (Å²) < 4.78 is 0. The van der Waals surface area contributed by atoms with Crippen LogP contribution >= 0.6 is 12.4 Å². The van der Waals surface area contributed by atoms with Gasteiger partial charge in [-0.25, -0.2) is 0 Å². The van der Waals surface area contributed by atoms with E-state index >= 15 is 0 Å². The van der Waals surface area contributed by atoms with E-state index in [9.17, 15) is 10.1 Å². The van der Waals surface area contributed by atoms with Crippen LogP contribution in [0.5, 0.6) is 0 Å². The van der Waals surface area contributed by atoms with Gasteiger partial charge in [-0.3, -0.25) is 10.1 Å². The maximum atomic E-state index is 10.5. The van der Waals surface area contributed by atoms with Crippen molar-refractivity contribution in [1.82, 2.24) is 0 Å². The number of hydrogen-bond donors (Lipinski definition) is 3. The molecule has 1 aromatic carbocycles. The zero-order valence-corrected chi connectivity index (χ0v) is 9.50. The number of nitrogens with zero attached hydrogens (tertiary/aromatic N) is 1. The van der Waals surface area contributed by atoms with Crippen molar-refractivity contribution in [2.75, 3.05) is 24.1 Å². The van der Waals surface area contributed by atoms with Crippen molar-refractivity contribution < 1.29 is 4.92 Å². The first-order valence-corrected chi connectivity index (χ1v) is 4.63. The molecule has 0 spiro atoms. The molecule has 0 heterocycles. The van der Waals surface area contributed by atoms with Gasteiger partial charge in [0.25, 0.3) is 5.69 Å². The number of anilines is 2. The average Bonchev–Trinajstić information content (AvgIpc) is 2.17. The van der Waals surface area contributed by atoms with Gasteiger partial charge >= 0.3 is 0 Å². The van der Waals surface area contributed by atoms with Gasteiger partial charge in [-0.15, -0.1) is 12.4 Å². The van der Waals surface area contributed by atoms with Crippen LogP contribution < -0.4 is 16.8 Å². The lowest BCUT2D eigenvalue weighted by atomic mass is 10.2. The van der Waals surface area contributed by atoms with Gasteiger partial charge in [-0.05, 0) is 25.1 Å². The Morgan fingerprint density at radius 3 is 2.62 bits per heavy atom. The summed E-state index contributed by atoms with van der Waals surface area (Å²) in [4.78, 5) is 9.98. The van der Waals surface area contributed by atoms with Gasteiger partial charge < -0.3 is 16.8 Å². The topological polar surface area (TPSA) is 107 Å². The monoisotopic (exact) mass is 246 g/mol. The van der Waals surface area contributed by atoms with Gasteiger partial charge in [0.05, 0.1) is 4.92 Å². The summed E-state index contributed by atoms with van der Waals surface area (Å²) in [5.74, 6) is 0. The molecule has 0 aromatic heterocycles. The number of halogens is 1. The van der Waals surface area contributed by atoms with Crippen LogP contribution in [0.3, 0.4) is 0 Å². The normalized spacial score (nSPS) is 9.31. The molecule has 1 aromatic rings. The molecule has 0 bridgehead atoms. The van der Waals surface area contributed by atoms with Crippen LogP contribution in [0, 0.1) is 10.1 Å². The molecule has 16 heavy (non-hydrogen) atoms. The van der Waals surface area contributed by atoms with E-state index in [4.69, 9.17) is 11.5 Å². The van der Waals surface area contributed by atoms with E-state index in [1.807, 2.05) is 0 Å². The van der Waals surface area contributed by atoms with Crippen LogP contribution in [0.4, 0.5) is 17.1 Å². The second kappa shape index (κ2) is 6.86. The van der Waals surface area contributed by atoms with Crippen LogP contribution in [0.2, 0.25) is 0 Å². The van der Waals surface area contributed by atoms with E-state index in [-0.39, 0.29) is 23.8 Å². The predicted molar refractivity (Wildman–Crippen MR) is 66.9 cm³/mol. The fourth-order valence-corrected chi connectivity index (χ4v) is 1.17. The summed E-state index contributed by atoms with van der Waals surface area (Å²) in [6.45, 7) is 1.34. The van der Waals surface area contributed by atoms with Gasteiger partial charge in [0.1, 0.15) is 5.69 Å². The highest BCUT2D eigenvalue weighted by atomic mass is 35.5. The number of nitro groups is 1. The molecular weight excluding hydrogens is 232 g/mol. The molecule has 0 amide bonds. The maximum Gasteiger partial charge on any atom is 0.292 e. The lowest BCUT2D eigenvalue weighted by Gasteiger charge is -2.06. The standard InChI is InChI=1S/C9H14N4O2.ClH/c10-4-1-5-12-7-2-3-9(13(14)15)8(11)6-7;/h2-3,6,12H,1,4-5,10-11H2;1H. The largest absolute Gasteiger partial charge is 0.393 e. The Balaban J connectivity index is 0.00000225. The first kappa shape index (κ1) is 14.5. The second-order valence-electron chi connectivity index (χ2n) is 3.10. The minimum absolute atomic E-state index is 0. The quantitative estimate of drug-likeness (QED) is 0.315. The number of nitrogen functional groups attached to an aromatic ring is 1. The summed E-state index contributed by atoms with van der Waals surface area (Å²) in [6.07, 6.45) is 0.844. The van der Waals surface area contributed by atoms with Crippen LogP contribution in [-0.2, 0) is 0 Å². The Morgan fingerprint density at radius 1 is 1.44 bits per heavy atom. The molecule has 6 nitrogen and oxygen atoms in total. The number of rotatable bonds is 5. The molecular formula is C9H15ClN4O2. The third kappa shape index (κ3) is 3.92. The average molecular weight is 247 g/mol. The van der Waals surface area contributed by atoms with Gasteiger partial charge in [0.15, 0.2) is 0 Å². The number of hydrogen-bond acceptors (Lipinski definition) is 5. The molecule has 0 atom stereocenters. The van der Waals surface area contributed by atoms with E-state index in [1.165, 1.54) is 6.07 Å². The summed E-state index contributed by atoms with van der Waals surface area (Å²) in [7, 11) is 0. The van der Waals surface area contributed by atoms with Gasteiger partial charge in [-0.2, -0.15) is 0 Å². The first-order valence-electron chi connectivity index (χ1n) is 4.63. The molecule has 0 saturated carbocycles. The highest BCUT2D eigenvalue weighted by molar-refractivity contribution is 5.85. The number of nitro benzene ring substituents is 1. The molecule has 7 heteroatoms. The third-order valence-electron chi connectivity index (χ3n) is 1.93. The minimum atomic E-state index is -0.501. The zero-order chi connectivity index (χ0) is 11.3. The SMILES string of the molecule is Cl.NCCCNc1ccc([N+](=O)[O-])c(N)c1. The van der Waals surface area contributed by atoms with E-state index in [2.05, 4.69) is 5.32 Å². The summed E-state index contributed by atoms with van der Waals surface area (Å²) in [5.41, 5.74) is 11.7. The van der Waals surface area contributed by atoms with Crippen molar-refractivity contribution in [1.29, 1.82) is 0 Å². The zero-order valence-electron chi connectivity index (χ0n) is 8.68. The van der Waals surface area contributed by atoms with Gasteiger partial charge in [0, 0.05) is 18.3 Å². The molecule has 0 aliphatic carbocycles. The Labute approximate surface area is 99.6 Å². The summed E-state index contributed by atoms with van der Waals surface area (Å²) >= 11 is 0. The fourth-order valence-electron chi connectivity index (χ4n) is 1.17. The van der Waals surface area contributed by atoms with Crippen molar-refractivity contribution in [2.24, 2.45) is 5.73 Å². The van der Waals surface area contributed by atoms with E-state index in [0.29, 0.717) is 6.54 Å². The van der Waals surface area contributed by atoms with Crippen molar-refractivity contribution in [2.45, 2.75) is 6.42 Å². The molecule has 0 fully saturated rings. The highest BCUT2D eigenvalue weighted by Crippen LogP contribution is 2.24. The minimum Gasteiger partial charge on any atom is -0.393 e. The summed E-state index contributed by atoms with van der Waals surface area (Å²) in [6, 6.07) is 4.57. The van der Waals surface area contributed by atoms with E-state index < -0.39 is 4.92 Å². The molecule has 0 radical (unpaired) electrons. The maximum absolute atomic E-state index is 10.5. The van der Waals surface area contributed by atoms with Gasteiger partial charge in [-0.1, -0.05) is 0 Å². The lowest BCUT2D eigenvalue weighted by molar-refractivity contribution is -0.383. The smallest absolute Gasteiger partial charge is 0.292 e. The van der Waals surface area contributed by atoms with Crippen molar-refractivity contribution >= 4 is 29.5 Å². The van der Waals surface area contributed by atoms with Crippen LogP contribution in [0.25, 0.3) is 0 Å². The fraction of sp³-hybridized carbons (Fsp3) is 0.333. The Kier molecular flexibility index (Phi) is 6.21. The molecule has 0 aliphatic heterocycles. The number of nitrogens with one attached hydrogen (secondary N) is 1. The first-order chi connectivity index (χ1) is 7.15. The van der Waals surface area contributed by atoms with E-state index in [0.717, 1.165) is 18.7 Å². The lowest BCUT2D eigenvalue weighted by Crippen LogP contribution is -2.08. The van der Waals surface area contributed by atoms with Crippen molar-refractivity contribution in [3.63, 3.8) is 0 Å². The Hall–Kier alpha value is -1.53. The van der Waals surface area contributed by atoms with Crippen molar-refractivity contribution in [3.8, 4) is 0 Å². The van der Waals surface area contributed by atoms with Crippen LogP contribution in [0.1, 0.15) is 6.42 Å². The Morgan fingerprint density at radius 2 is 2.12 bits per heavy atom. The number of nitrogens with two attached hydrogens (primary N) is 2. The predicted octanol–water partition coefficient (Wildman–Crippen LogP) is 1.36. The van der Waals surface area contributed by atoms with Crippen molar-refractivity contribution in [3.05, 3.63) is 28.3 Å². The molecule has 0 saturated heterocycles. The second-order valence-corrected chi connectivity index (χ2v) is 3.10. The molecule has 5 N–H and O–H groups in total.